The predicted molar refractivity (Wildman–Crippen MR) is 52.0 cm³/mol. The number of hydrogen-bond donors (Lipinski definition) is 2. The van der Waals surface area contributed by atoms with Gasteiger partial charge in [0.05, 0.1) is 12.4 Å². The predicted octanol–water partition coefficient (Wildman–Crippen LogP) is -1.15. The molecule has 2 N–H and O–H groups in total. The molecule has 0 aliphatic heterocycles. The number of hydrogen-bond acceptors (Lipinski definition) is 4. The molecule has 0 amide bonds. The third kappa shape index (κ3) is 4.56. The molecule has 0 aliphatic carbocycles. The molecule has 0 aromatic carbocycles. The highest BCUT2D eigenvalue weighted by atomic mass is 32.2. The molecule has 5 nitrogen and oxygen atoms in total. The van der Waals surface area contributed by atoms with Gasteiger partial charge in [-0.2, -0.15) is 0 Å². The zero-order chi connectivity index (χ0) is 10.6. The molecule has 0 rings (SSSR count). The standard InChI is InChI=1S/C7H18N2O3S/c1-6(8-2)7(10)5-9(3)13(4,11)12/h6-8,10H,5H2,1-4H3. The molecule has 0 aliphatic rings. The molecular weight excluding hydrogens is 192 g/mol. The molecule has 0 radical (unpaired) electrons. The Hall–Kier alpha value is -0.170. The Balaban J connectivity index is 4.14. The molecule has 0 saturated carbocycles. The maximum absolute atomic E-state index is 11.0. The van der Waals surface area contributed by atoms with Crippen molar-refractivity contribution in [2.75, 3.05) is 26.9 Å². The van der Waals surface area contributed by atoms with E-state index in [1.54, 1.807) is 14.0 Å². The zero-order valence-electron chi connectivity index (χ0n) is 8.48. The second kappa shape index (κ2) is 4.90. The van der Waals surface area contributed by atoms with Crippen molar-refractivity contribution in [3.05, 3.63) is 0 Å². The maximum Gasteiger partial charge on any atom is 0.211 e. The molecule has 0 aromatic rings. The van der Waals surface area contributed by atoms with Crippen LogP contribution in [0.1, 0.15) is 6.92 Å². The summed E-state index contributed by atoms with van der Waals surface area (Å²) in [4.78, 5) is 0. The van der Waals surface area contributed by atoms with Gasteiger partial charge in [0.25, 0.3) is 0 Å². The first-order valence-corrected chi connectivity index (χ1v) is 5.90. The van der Waals surface area contributed by atoms with E-state index in [0.29, 0.717) is 0 Å². The van der Waals surface area contributed by atoms with Crippen molar-refractivity contribution >= 4 is 10.0 Å². The summed E-state index contributed by atoms with van der Waals surface area (Å²) in [5.74, 6) is 0. The number of aliphatic hydroxyl groups excluding tert-OH is 1. The topological polar surface area (TPSA) is 69.6 Å². The molecule has 0 heterocycles. The summed E-state index contributed by atoms with van der Waals surface area (Å²) in [5.41, 5.74) is 0. The van der Waals surface area contributed by atoms with E-state index in [4.69, 9.17) is 0 Å². The lowest BCUT2D eigenvalue weighted by Crippen LogP contribution is -2.43. The monoisotopic (exact) mass is 210 g/mol. The van der Waals surface area contributed by atoms with Gasteiger partial charge < -0.3 is 10.4 Å². The average molecular weight is 210 g/mol. The number of nitrogens with one attached hydrogen (secondary N) is 1. The third-order valence-corrected chi connectivity index (χ3v) is 3.32. The van der Waals surface area contributed by atoms with Crippen LogP contribution in [0.5, 0.6) is 0 Å². The van der Waals surface area contributed by atoms with Crippen LogP contribution in [0.15, 0.2) is 0 Å². The number of likely N-dealkylation sites (N-methyl/N-ethyl adjacent to an activating group) is 2. The van der Waals surface area contributed by atoms with Gasteiger partial charge in [-0.3, -0.25) is 0 Å². The van der Waals surface area contributed by atoms with Crippen LogP contribution in [0, 0.1) is 0 Å². The third-order valence-electron chi connectivity index (χ3n) is 2.04. The first kappa shape index (κ1) is 12.8. The van der Waals surface area contributed by atoms with E-state index in [2.05, 4.69) is 5.32 Å². The fourth-order valence-electron chi connectivity index (χ4n) is 0.749. The Morgan fingerprint density at radius 1 is 1.54 bits per heavy atom. The summed E-state index contributed by atoms with van der Waals surface area (Å²) in [6, 6.07) is -0.121. The summed E-state index contributed by atoms with van der Waals surface area (Å²) in [5, 5.41) is 12.3. The Kier molecular flexibility index (Phi) is 4.83. The summed E-state index contributed by atoms with van der Waals surface area (Å²) in [6.07, 6.45) is 0.425. The molecule has 2 atom stereocenters. The molecule has 0 saturated heterocycles. The second-order valence-electron chi connectivity index (χ2n) is 3.19. The Labute approximate surface area is 79.8 Å². The zero-order valence-corrected chi connectivity index (χ0v) is 9.30. The van der Waals surface area contributed by atoms with Crippen molar-refractivity contribution in [1.29, 1.82) is 0 Å². The van der Waals surface area contributed by atoms with Crippen LogP contribution in [0.25, 0.3) is 0 Å². The van der Waals surface area contributed by atoms with Crippen molar-refractivity contribution in [2.45, 2.75) is 19.1 Å². The van der Waals surface area contributed by atoms with Crippen LogP contribution in [0.2, 0.25) is 0 Å². The van der Waals surface area contributed by atoms with Crippen LogP contribution in [-0.4, -0.2) is 56.9 Å². The van der Waals surface area contributed by atoms with Gasteiger partial charge in [0.15, 0.2) is 0 Å². The summed E-state index contributed by atoms with van der Waals surface area (Å²) < 4.78 is 23.1. The Bertz CT molecular complexity index is 240. The number of rotatable bonds is 5. The van der Waals surface area contributed by atoms with Gasteiger partial charge in [0, 0.05) is 19.6 Å². The summed E-state index contributed by atoms with van der Waals surface area (Å²) >= 11 is 0. The van der Waals surface area contributed by atoms with Crippen LogP contribution in [0.3, 0.4) is 0 Å². The van der Waals surface area contributed by atoms with Gasteiger partial charge in [0.1, 0.15) is 0 Å². The van der Waals surface area contributed by atoms with E-state index < -0.39 is 16.1 Å². The van der Waals surface area contributed by atoms with E-state index in [-0.39, 0.29) is 12.6 Å². The lowest BCUT2D eigenvalue weighted by atomic mass is 10.2. The largest absolute Gasteiger partial charge is 0.390 e. The summed E-state index contributed by atoms with van der Waals surface area (Å²) in [7, 11) is -0.0321. The molecule has 80 valence electrons. The molecular formula is C7H18N2O3S. The fraction of sp³-hybridized carbons (Fsp3) is 1.00. The first-order valence-electron chi connectivity index (χ1n) is 4.05. The van der Waals surface area contributed by atoms with Gasteiger partial charge in [-0.15, -0.1) is 0 Å². The lowest BCUT2D eigenvalue weighted by molar-refractivity contribution is 0.120. The van der Waals surface area contributed by atoms with Crippen molar-refractivity contribution < 1.29 is 13.5 Å². The Morgan fingerprint density at radius 2 is 2.00 bits per heavy atom. The first-order chi connectivity index (χ1) is 5.79. The van der Waals surface area contributed by atoms with Gasteiger partial charge >= 0.3 is 0 Å². The normalized spacial score (nSPS) is 17.4. The van der Waals surface area contributed by atoms with E-state index in [9.17, 15) is 13.5 Å². The number of aliphatic hydroxyl groups is 1. The molecule has 13 heavy (non-hydrogen) atoms. The highest BCUT2D eigenvalue weighted by molar-refractivity contribution is 7.88. The SMILES string of the molecule is CNC(C)C(O)CN(C)S(C)(=O)=O. The van der Waals surface area contributed by atoms with Gasteiger partial charge in [-0.05, 0) is 14.0 Å². The van der Waals surface area contributed by atoms with Crippen LogP contribution < -0.4 is 5.32 Å². The quantitative estimate of drug-likeness (QED) is 0.601. The van der Waals surface area contributed by atoms with Crippen LogP contribution >= 0.6 is 0 Å². The van der Waals surface area contributed by atoms with E-state index in [1.165, 1.54) is 7.05 Å². The lowest BCUT2D eigenvalue weighted by Gasteiger charge is -2.22. The minimum Gasteiger partial charge on any atom is -0.390 e. The number of sulfonamides is 1. The van der Waals surface area contributed by atoms with E-state index in [0.717, 1.165) is 10.6 Å². The van der Waals surface area contributed by atoms with Gasteiger partial charge in [-0.1, -0.05) is 0 Å². The average Bonchev–Trinajstić information content (AvgIpc) is 2.01. The van der Waals surface area contributed by atoms with Gasteiger partial charge in [-0.25, -0.2) is 12.7 Å². The maximum atomic E-state index is 11.0. The molecule has 0 bridgehead atoms. The molecule has 2 unspecified atom stereocenters. The second-order valence-corrected chi connectivity index (χ2v) is 5.28. The molecule has 0 spiro atoms. The van der Waals surface area contributed by atoms with Gasteiger partial charge in [0.2, 0.25) is 10.0 Å². The number of nitrogens with zero attached hydrogens (tertiary/aromatic N) is 1. The summed E-state index contributed by atoms with van der Waals surface area (Å²) in [6.45, 7) is 1.90. The van der Waals surface area contributed by atoms with Crippen LogP contribution in [0.4, 0.5) is 0 Å². The Morgan fingerprint density at radius 3 is 2.31 bits per heavy atom. The minimum atomic E-state index is -3.19. The highest BCUT2D eigenvalue weighted by Crippen LogP contribution is 1.99. The highest BCUT2D eigenvalue weighted by Gasteiger charge is 2.19. The molecule has 6 heteroatoms. The molecule has 0 fully saturated rings. The fourth-order valence-corrected chi connectivity index (χ4v) is 1.17. The van der Waals surface area contributed by atoms with Crippen molar-refractivity contribution in [1.82, 2.24) is 9.62 Å². The van der Waals surface area contributed by atoms with Crippen LogP contribution in [-0.2, 0) is 10.0 Å². The smallest absolute Gasteiger partial charge is 0.211 e. The van der Waals surface area contributed by atoms with E-state index >= 15 is 0 Å². The minimum absolute atomic E-state index is 0.112. The van der Waals surface area contributed by atoms with Crippen molar-refractivity contribution in [3.8, 4) is 0 Å². The van der Waals surface area contributed by atoms with Crippen molar-refractivity contribution in [2.24, 2.45) is 0 Å². The molecule has 0 aromatic heterocycles. The van der Waals surface area contributed by atoms with E-state index in [1.807, 2.05) is 0 Å². The van der Waals surface area contributed by atoms with Crippen molar-refractivity contribution in [3.63, 3.8) is 0 Å².